The van der Waals surface area contributed by atoms with Crippen molar-refractivity contribution in [2.24, 2.45) is 0 Å². The molecule has 2 amide bonds. The van der Waals surface area contributed by atoms with Crippen LogP contribution >= 0.6 is 0 Å². The SMILES string of the molecule is C=C1OB(c2ccc(NC(=O)Nc3cc(C(F)(F)F)ccc3F)cc2)OC1(C)C. The number of urea groups is 1. The summed E-state index contributed by atoms with van der Waals surface area (Å²) in [4.78, 5) is 12.0. The summed E-state index contributed by atoms with van der Waals surface area (Å²) in [6, 6.07) is 7.29. The lowest BCUT2D eigenvalue weighted by Crippen LogP contribution is -2.34. The Morgan fingerprint density at radius 2 is 1.76 bits per heavy atom. The number of nitrogens with one attached hydrogen (secondary N) is 2. The van der Waals surface area contributed by atoms with Crippen molar-refractivity contribution in [1.82, 2.24) is 0 Å². The van der Waals surface area contributed by atoms with Crippen molar-refractivity contribution in [1.29, 1.82) is 0 Å². The van der Waals surface area contributed by atoms with Gasteiger partial charge in [-0.25, -0.2) is 9.18 Å². The lowest BCUT2D eigenvalue weighted by atomic mass is 9.79. The van der Waals surface area contributed by atoms with E-state index in [-0.39, 0.29) is 0 Å². The molecule has 152 valence electrons. The van der Waals surface area contributed by atoms with E-state index in [9.17, 15) is 22.4 Å². The zero-order valence-corrected chi connectivity index (χ0v) is 15.6. The Labute approximate surface area is 164 Å². The van der Waals surface area contributed by atoms with Crippen molar-refractivity contribution in [3.8, 4) is 0 Å². The van der Waals surface area contributed by atoms with Crippen molar-refractivity contribution in [2.45, 2.75) is 25.6 Å². The maximum absolute atomic E-state index is 13.7. The van der Waals surface area contributed by atoms with E-state index < -0.39 is 42.0 Å². The molecule has 1 aliphatic heterocycles. The van der Waals surface area contributed by atoms with Gasteiger partial charge in [0.15, 0.2) is 0 Å². The quantitative estimate of drug-likeness (QED) is 0.580. The minimum absolute atomic E-state index is 0.342. The highest BCUT2D eigenvalue weighted by Crippen LogP contribution is 2.32. The van der Waals surface area contributed by atoms with E-state index in [0.29, 0.717) is 35.1 Å². The second-order valence-corrected chi connectivity index (χ2v) is 6.89. The number of rotatable bonds is 3. The van der Waals surface area contributed by atoms with Gasteiger partial charge in [-0.2, -0.15) is 13.2 Å². The maximum atomic E-state index is 13.7. The van der Waals surface area contributed by atoms with Crippen LogP contribution in [0.5, 0.6) is 0 Å². The first-order valence-corrected chi connectivity index (χ1v) is 8.54. The number of benzene rings is 2. The summed E-state index contributed by atoms with van der Waals surface area (Å²) >= 11 is 0. The molecule has 10 heteroatoms. The molecule has 2 aromatic rings. The summed E-state index contributed by atoms with van der Waals surface area (Å²) < 4.78 is 63.3. The number of anilines is 2. The fourth-order valence-corrected chi connectivity index (χ4v) is 2.57. The topological polar surface area (TPSA) is 59.6 Å². The van der Waals surface area contributed by atoms with Gasteiger partial charge < -0.3 is 19.9 Å². The Balaban J connectivity index is 1.65. The van der Waals surface area contributed by atoms with Crippen LogP contribution in [0.3, 0.4) is 0 Å². The molecule has 1 heterocycles. The average molecular weight is 408 g/mol. The first-order chi connectivity index (χ1) is 13.5. The fourth-order valence-electron chi connectivity index (χ4n) is 2.57. The molecule has 0 aromatic heterocycles. The molecule has 0 atom stereocenters. The monoisotopic (exact) mass is 408 g/mol. The number of carbonyl (C=O) groups excluding carboxylic acids is 1. The Morgan fingerprint density at radius 1 is 1.10 bits per heavy atom. The predicted octanol–water partition coefficient (Wildman–Crippen LogP) is 4.52. The predicted molar refractivity (Wildman–Crippen MR) is 101 cm³/mol. The molecular weight excluding hydrogens is 391 g/mol. The van der Waals surface area contributed by atoms with Gasteiger partial charge in [-0.15, -0.1) is 0 Å². The number of hydrogen-bond acceptors (Lipinski definition) is 3. The second kappa shape index (κ2) is 7.44. The Morgan fingerprint density at radius 3 is 2.31 bits per heavy atom. The van der Waals surface area contributed by atoms with Crippen molar-refractivity contribution in [2.75, 3.05) is 10.6 Å². The molecule has 2 aromatic carbocycles. The molecule has 1 saturated heterocycles. The largest absolute Gasteiger partial charge is 0.563 e. The highest BCUT2D eigenvalue weighted by Gasteiger charge is 2.42. The average Bonchev–Trinajstić information content (AvgIpc) is 2.89. The third kappa shape index (κ3) is 4.71. The van der Waals surface area contributed by atoms with Crippen LogP contribution in [0.2, 0.25) is 0 Å². The van der Waals surface area contributed by atoms with Crippen LogP contribution in [0, 0.1) is 5.82 Å². The van der Waals surface area contributed by atoms with Gasteiger partial charge in [0.05, 0.1) is 17.0 Å². The third-order valence-electron chi connectivity index (χ3n) is 4.31. The Hall–Kier alpha value is -3.01. The molecule has 1 aliphatic rings. The molecule has 3 rings (SSSR count). The molecule has 29 heavy (non-hydrogen) atoms. The number of halogens is 4. The molecule has 0 spiro atoms. The van der Waals surface area contributed by atoms with Gasteiger partial charge in [-0.3, -0.25) is 0 Å². The zero-order valence-electron chi connectivity index (χ0n) is 15.6. The van der Waals surface area contributed by atoms with Gasteiger partial charge in [0.25, 0.3) is 0 Å². The molecule has 0 unspecified atom stereocenters. The minimum atomic E-state index is -4.65. The molecule has 0 bridgehead atoms. The van der Waals surface area contributed by atoms with E-state index in [1.54, 1.807) is 24.3 Å². The molecule has 1 fully saturated rings. The van der Waals surface area contributed by atoms with Crippen LogP contribution in [0.1, 0.15) is 19.4 Å². The van der Waals surface area contributed by atoms with E-state index in [1.807, 2.05) is 13.8 Å². The number of alkyl halides is 3. The van der Waals surface area contributed by atoms with E-state index in [0.717, 1.165) is 0 Å². The van der Waals surface area contributed by atoms with Crippen molar-refractivity contribution >= 4 is 30.0 Å². The van der Waals surface area contributed by atoms with E-state index in [4.69, 9.17) is 9.31 Å². The maximum Gasteiger partial charge on any atom is 0.563 e. The van der Waals surface area contributed by atoms with Crippen LogP contribution in [-0.2, 0) is 15.5 Å². The molecule has 5 nitrogen and oxygen atoms in total. The number of hydrogen-bond donors (Lipinski definition) is 2. The second-order valence-electron chi connectivity index (χ2n) is 6.89. The summed E-state index contributed by atoms with van der Waals surface area (Å²) in [6.07, 6.45) is -4.65. The molecule has 0 radical (unpaired) electrons. The number of amides is 2. The van der Waals surface area contributed by atoms with E-state index in [1.165, 1.54) is 0 Å². The highest BCUT2D eigenvalue weighted by molar-refractivity contribution is 6.62. The van der Waals surface area contributed by atoms with Crippen molar-refractivity contribution < 1.29 is 31.7 Å². The fraction of sp³-hybridized carbons (Fsp3) is 0.211. The normalized spacial score (nSPS) is 15.8. The third-order valence-corrected chi connectivity index (χ3v) is 4.31. The number of carbonyl (C=O) groups is 1. The summed E-state index contributed by atoms with van der Waals surface area (Å²) in [7, 11) is -0.639. The molecule has 0 saturated carbocycles. The zero-order chi connectivity index (χ0) is 21.4. The first kappa shape index (κ1) is 20.7. The van der Waals surface area contributed by atoms with Crippen LogP contribution in [0.25, 0.3) is 0 Å². The van der Waals surface area contributed by atoms with Gasteiger partial charge in [0.1, 0.15) is 11.4 Å². The van der Waals surface area contributed by atoms with Crippen molar-refractivity contribution in [3.63, 3.8) is 0 Å². The van der Waals surface area contributed by atoms with E-state index >= 15 is 0 Å². The Bertz CT molecular complexity index is 945. The standard InChI is InChI=1S/C19H17BF4N2O3/c1-11-18(2,3)29-20(28-11)13-5-7-14(8-6-13)25-17(27)26-16-10-12(19(22,23)24)4-9-15(16)21/h4-10H,1H2,2-3H3,(H2,25,26,27). The summed E-state index contributed by atoms with van der Waals surface area (Å²) in [5, 5.41) is 4.49. The summed E-state index contributed by atoms with van der Waals surface area (Å²) in [5.41, 5.74) is -1.25. The van der Waals surface area contributed by atoms with Crippen LogP contribution in [-0.4, -0.2) is 18.8 Å². The van der Waals surface area contributed by atoms with Gasteiger partial charge in [-0.05, 0) is 49.6 Å². The van der Waals surface area contributed by atoms with Gasteiger partial charge in [0, 0.05) is 5.69 Å². The first-order valence-electron chi connectivity index (χ1n) is 8.54. The Kier molecular flexibility index (Phi) is 5.31. The molecule has 2 N–H and O–H groups in total. The highest BCUT2D eigenvalue weighted by atomic mass is 19.4. The molecule has 0 aliphatic carbocycles. The van der Waals surface area contributed by atoms with Gasteiger partial charge in [0.2, 0.25) is 0 Å². The van der Waals surface area contributed by atoms with Gasteiger partial charge >= 0.3 is 19.3 Å². The summed E-state index contributed by atoms with van der Waals surface area (Å²) in [6.45, 7) is 7.44. The van der Waals surface area contributed by atoms with Gasteiger partial charge in [-0.1, -0.05) is 18.7 Å². The molecular formula is C19H17BF4N2O3. The van der Waals surface area contributed by atoms with Crippen LogP contribution in [0.15, 0.2) is 54.8 Å². The van der Waals surface area contributed by atoms with Crippen molar-refractivity contribution in [3.05, 3.63) is 66.2 Å². The van der Waals surface area contributed by atoms with E-state index in [2.05, 4.69) is 17.2 Å². The lowest BCUT2D eigenvalue weighted by Gasteiger charge is -2.15. The van der Waals surface area contributed by atoms with Crippen LogP contribution < -0.4 is 16.1 Å². The smallest absolute Gasteiger partial charge is 0.534 e. The summed E-state index contributed by atoms with van der Waals surface area (Å²) in [5.74, 6) is -0.492. The lowest BCUT2D eigenvalue weighted by molar-refractivity contribution is -0.137. The minimum Gasteiger partial charge on any atom is -0.534 e. The van der Waals surface area contributed by atoms with Crippen LogP contribution in [0.4, 0.5) is 33.7 Å².